The van der Waals surface area contributed by atoms with Gasteiger partial charge in [-0.15, -0.1) is 0 Å². The number of carbonyl (C=O) groups is 2. The van der Waals surface area contributed by atoms with Crippen LogP contribution < -0.4 is 10.2 Å². The van der Waals surface area contributed by atoms with Crippen LogP contribution in [0.3, 0.4) is 0 Å². The van der Waals surface area contributed by atoms with E-state index in [1.807, 2.05) is 38.1 Å². The zero-order valence-corrected chi connectivity index (χ0v) is 11.5. The molecule has 1 heterocycles. The molecule has 1 aliphatic heterocycles. The predicted octanol–water partition coefficient (Wildman–Crippen LogP) is 1.99. The number of amides is 1. The van der Waals surface area contributed by atoms with Gasteiger partial charge in [0.1, 0.15) is 0 Å². The van der Waals surface area contributed by atoms with Gasteiger partial charge in [-0.1, -0.05) is 12.1 Å². The smallest absolute Gasteiger partial charge is 0.221 e. The number of hydrogen-bond acceptors (Lipinski definition) is 3. The largest absolute Gasteiger partial charge is 0.370 e. The van der Waals surface area contributed by atoms with E-state index in [2.05, 4.69) is 10.2 Å². The molecule has 0 radical (unpaired) electrons. The molecule has 0 bridgehead atoms. The van der Waals surface area contributed by atoms with Crippen LogP contribution in [0.5, 0.6) is 0 Å². The Morgan fingerprint density at radius 3 is 2.84 bits per heavy atom. The fourth-order valence-electron chi connectivity index (χ4n) is 2.34. The van der Waals surface area contributed by atoms with Gasteiger partial charge in [0.2, 0.25) is 5.91 Å². The molecule has 0 atom stereocenters. The molecular weight excluding hydrogens is 240 g/mol. The van der Waals surface area contributed by atoms with Gasteiger partial charge in [-0.2, -0.15) is 0 Å². The number of fused-ring (bicyclic) bond motifs is 1. The molecule has 1 aromatic carbocycles. The van der Waals surface area contributed by atoms with Gasteiger partial charge >= 0.3 is 0 Å². The van der Waals surface area contributed by atoms with E-state index in [0.29, 0.717) is 25.9 Å². The Kier molecular flexibility index (Phi) is 4.20. The van der Waals surface area contributed by atoms with Gasteiger partial charge in [0.25, 0.3) is 0 Å². The molecule has 2 rings (SSSR count). The number of benzene rings is 1. The van der Waals surface area contributed by atoms with E-state index < -0.39 is 0 Å². The molecule has 102 valence electrons. The molecule has 0 unspecified atom stereocenters. The van der Waals surface area contributed by atoms with E-state index in [1.165, 1.54) is 0 Å². The monoisotopic (exact) mass is 260 g/mol. The average molecular weight is 260 g/mol. The van der Waals surface area contributed by atoms with Crippen LogP contribution in [0.2, 0.25) is 0 Å². The first-order valence-electron chi connectivity index (χ1n) is 6.74. The lowest BCUT2D eigenvalue weighted by atomic mass is 10.0. The number of hydrogen-bond donors (Lipinski definition) is 1. The molecule has 0 saturated heterocycles. The molecule has 1 aliphatic rings. The van der Waals surface area contributed by atoms with E-state index in [-0.39, 0.29) is 17.7 Å². The van der Waals surface area contributed by atoms with Crippen molar-refractivity contribution >= 4 is 17.4 Å². The van der Waals surface area contributed by atoms with Crippen molar-refractivity contribution in [3.63, 3.8) is 0 Å². The van der Waals surface area contributed by atoms with Gasteiger partial charge in [-0.25, -0.2) is 0 Å². The summed E-state index contributed by atoms with van der Waals surface area (Å²) in [5, 5.41) is 2.88. The van der Waals surface area contributed by atoms with Crippen molar-refractivity contribution in [2.75, 3.05) is 18.0 Å². The van der Waals surface area contributed by atoms with Crippen molar-refractivity contribution in [1.29, 1.82) is 0 Å². The lowest BCUT2D eigenvalue weighted by Crippen LogP contribution is -2.37. The van der Waals surface area contributed by atoms with Crippen LogP contribution in [-0.4, -0.2) is 30.8 Å². The maximum Gasteiger partial charge on any atom is 0.221 e. The number of Topliss-reactive ketones (excluding diaryl/α,β-unsaturated/α-hetero) is 1. The topological polar surface area (TPSA) is 49.4 Å². The minimum atomic E-state index is 0.0596. The van der Waals surface area contributed by atoms with Gasteiger partial charge in [-0.05, 0) is 26.0 Å². The molecule has 0 aromatic heterocycles. The molecule has 0 saturated carbocycles. The minimum Gasteiger partial charge on any atom is -0.370 e. The Bertz CT molecular complexity index is 483. The highest BCUT2D eigenvalue weighted by molar-refractivity contribution is 6.03. The molecule has 1 amide bonds. The van der Waals surface area contributed by atoms with E-state index in [9.17, 15) is 9.59 Å². The van der Waals surface area contributed by atoms with E-state index >= 15 is 0 Å². The lowest BCUT2D eigenvalue weighted by Gasteiger charge is -2.30. The second kappa shape index (κ2) is 5.87. The Hall–Kier alpha value is -1.84. The van der Waals surface area contributed by atoms with Crippen molar-refractivity contribution in [3.8, 4) is 0 Å². The van der Waals surface area contributed by atoms with E-state index in [1.54, 1.807) is 0 Å². The third-order valence-corrected chi connectivity index (χ3v) is 3.21. The van der Waals surface area contributed by atoms with Gasteiger partial charge in [0, 0.05) is 43.2 Å². The van der Waals surface area contributed by atoms with Crippen molar-refractivity contribution in [3.05, 3.63) is 29.8 Å². The first-order valence-corrected chi connectivity index (χ1v) is 6.74. The van der Waals surface area contributed by atoms with Crippen LogP contribution >= 0.6 is 0 Å². The summed E-state index contributed by atoms with van der Waals surface area (Å²) in [6.45, 7) is 5.26. The zero-order chi connectivity index (χ0) is 13.8. The number of ketones is 1. The second-order valence-corrected chi connectivity index (χ2v) is 5.15. The highest BCUT2D eigenvalue weighted by Gasteiger charge is 2.22. The van der Waals surface area contributed by atoms with Crippen molar-refractivity contribution in [2.45, 2.75) is 32.7 Å². The maximum absolute atomic E-state index is 11.8. The third-order valence-electron chi connectivity index (χ3n) is 3.21. The van der Waals surface area contributed by atoms with Crippen LogP contribution in [0.15, 0.2) is 24.3 Å². The van der Waals surface area contributed by atoms with Gasteiger partial charge in [0.05, 0.1) is 0 Å². The summed E-state index contributed by atoms with van der Waals surface area (Å²) in [6, 6.07) is 7.79. The number of nitrogens with one attached hydrogen (secondary N) is 1. The lowest BCUT2D eigenvalue weighted by molar-refractivity contribution is -0.121. The Labute approximate surface area is 113 Å². The van der Waals surface area contributed by atoms with Gasteiger partial charge in [0.15, 0.2) is 5.78 Å². The molecule has 0 spiro atoms. The second-order valence-electron chi connectivity index (χ2n) is 5.15. The summed E-state index contributed by atoms with van der Waals surface area (Å²) in [5.41, 5.74) is 1.73. The summed E-state index contributed by atoms with van der Waals surface area (Å²) in [5.74, 6) is 0.253. The number of anilines is 1. The summed E-state index contributed by atoms with van der Waals surface area (Å²) in [6.07, 6.45) is 0.990. The van der Waals surface area contributed by atoms with Crippen LogP contribution in [0.1, 0.15) is 37.0 Å². The normalized spacial score (nSPS) is 14.5. The van der Waals surface area contributed by atoms with Crippen molar-refractivity contribution in [1.82, 2.24) is 5.32 Å². The summed E-state index contributed by atoms with van der Waals surface area (Å²) in [4.78, 5) is 25.6. The fraction of sp³-hybridized carbons (Fsp3) is 0.467. The van der Waals surface area contributed by atoms with E-state index in [4.69, 9.17) is 0 Å². The maximum atomic E-state index is 11.8. The predicted molar refractivity (Wildman–Crippen MR) is 75.5 cm³/mol. The van der Waals surface area contributed by atoms with E-state index in [0.717, 1.165) is 11.3 Å². The number of nitrogens with zero attached hydrogens (tertiary/aromatic N) is 1. The average Bonchev–Trinajstić information content (AvgIpc) is 2.37. The molecule has 1 aromatic rings. The number of rotatable bonds is 4. The highest BCUT2D eigenvalue weighted by atomic mass is 16.1. The molecule has 1 N–H and O–H groups in total. The van der Waals surface area contributed by atoms with Gasteiger partial charge in [-0.3, -0.25) is 9.59 Å². The van der Waals surface area contributed by atoms with Gasteiger partial charge < -0.3 is 10.2 Å². The first kappa shape index (κ1) is 13.6. The fourth-order valence-corrected chi connectivity index (χ4v) is 2.34. The quantitative estimate of drug-likeness (QED) is 0.900. The SMILES string of the molecule is CC(C)NC(=O)CCN1CCC(=O)c2ccccc21. The Balaban J connectivity index is 2.01. The molecule has 4 heteroatoms. The standard InChI is InChI=1S/C15H20N2O2/c1-11(2)16-15(19)8-10-17-9-7-14(18)12-5-3-4-6-13(12)17/h3-6,11H,7-10H2,1-2H3,(H,16,19). The Morgan fingerprint density at radius 2 is 2.11 bits per heavy atom. The van der Waals surface area contributed by atoms with Crippen LogP contribution in [-0.2, 0) is 4.79 Å². The van der Waals surface area contributed by atoms with Crippen LogP contribution in [0.4, 0.5) is 5.69 Å². The minimum absolute atomic E-state index is 0.0596. The number of para-hydroxylation sites is 1. The molecule has 0 aliphatic carbocycles. The van der Waals surface area contributed by atoms with Crippen LogP contribution in [0.25, 0.3) is 0 Å². The number of carbonyl (C=O) groups excluding carboxylic acids is 2. The zero-order valence-electron chi connectivity index (χ0n) is 11.5. The summed E-state index contributed by atoms with van der Waals surface area (Å²) < 4.78 is 0. The van der Waals surface area contributed by atoms with Crippen LogP contribution in [0, 0.1) is 0 Å². The van der Waals surface area contributed by atoms with Crippen molar-refractivity contribution < 1.29 is 9.59 Å². The Morgan fingerprint density at radius 1 is 1.37 bits per heavy atom. The molecular formula is C15H20N2O2. The third kappa shape index (κ3) is 3.34. The first-order chi connectivity index (χ1) is 9.08. The summed E-state index contributed by atoms with van der Waals surface area (Å²) >= 11 is 0. The molecule has 19 heavy (non-hydrogen) atoms. The molecule has 0 fully saturated rings. The summed E-state index contributed by atoms with van der Waals surface area (Å²) in [7, 11) is 0. The van der Waals surface area contributed by atoms with Crippen molar-refractivity contribution in [2.24, 2.45) is 0 Å². The molecule has 4 nitrogen and oxygen atoms in total. The highest BCUT2D eigenvalue weighted by Crippen LogP contribution is 2.26.